The smallest absolute Gasteiger partial charge is 0.310 e. The summed E-state index contributed by atoms with van der Waals surface area (Å²) in [6.07, 6.45) is 3.21. The first-order valence-corrected chi connectivity index (χ1v) is 8.21. The Morgan fingerprint density at radius 2 is 2.14 bits per heavy atom. The van der Waals surface area contributed by atoms with Gasteiger partial charge in [0, 0.05) is 12.8 Å². The van der Waals surface area contributed by atoms with E-state index in [1.165, 1.54) is 11.3 Å². The van der Waals surface area contributed by atoms with Crippen molar-refractivity contribution in [1.29, 1.82) is 0 Å². The molecule has 2 aliphatic rings. The van der Waals surface area contributed by atoms with Crippen LogP contribution in [0.15, 0.2) is 17.5 Å². The maximum Gasteiger partial charge on any atom is 0.310 e. The molecule has 0 saturated heterocycles. The van der Waals surface area contributed by atoms with Crippen molar-refractivity contribution in [2.75, 3.05) is 0 Å². The Balaban J connectivity index is 2.20. The van der Waals surface area contributed by atoms with Gasteiger partial charge in [0.25, 0.3) is 0 Å². The molecule has 6 heteroatoms. The van der Waals surface area contributed by atoms with Gasteiger partial charge in [-0.1, -0.05) is 12.5 Å². The monoisotopic (exact) mass is 308 g/mol. The van der Waals surface area contributed by atoms with E-state index in [4.69, 9.17) is 0 Å². The number of nitrogens with zero attached hydrogens (tertiary/aromatic N) is 2. The van der Waals surface area contributed by atoms with Crippen molar-refractivity contribution in [3.05, 3.63) is 27.6 Å². The lowest BCUT2D eigenvalue weighted by Gasteiger charge is -2.33. The van der Waals surface area contributed by atoms with Gasteiger partial charge in [-0.3, -0.25) is 4.79 Å². The second-order valence-electron chi connectivity index (χ2n) is 6.29. The van der Waals surface area contributed by atoms with E-state index in [9.17, 15) is 15.2 Å². The minimum absolute atomic E-state index is 0.169. The van der Waals surface area contributed by atoms with Crippen molar-refractivity contribution < 1.29 is 14.7 Å². The zero-order chi connectivity index (χ0) is 15.3. The average molecular weight is 308 g/mol. The molecule has 1 aromatic rings. The summed E-state index contributed by atoms with van der Waals surface area (Å²) in [5.74, 6) is -0.169. The molecule has 1 aromatic heterocycles. The molecule has 0 aromatic carbocycles. The molecule has 1 aliphatic heterocycles. The highest BCUT2D eigenvalue weighted by molar-refractivity contribution is 7.12. The molecule has 1 spiro atoms. The Labute approximate surface area is 128 Å². The summed E-state index contributed by atoms with van der Waals surface area (Å²) in [6.45, 7) is 3.58. The summed E-state index contributed by atoms with van der Waals surface area (Å²) in [5, 5.41) is 26.7. The highest BCUT2D eigenvalue weighted by Crippen LogP contribution is 2.41. The first-order valence-electron chi connectivity index (χ1n) is 7.33. The SMILES string of the molecule is CC1(C)C(c2cccs2)=[N+]([O-])[C@@]2(CCCCCC2=O)N1O. The van der Waals surface area contributed by atoms with Crippen molar-refractivity contribution >= 4 is 22.8 Å². The summed E-state index contributed by atoms with van der Waals surface area (Å²) < 4.78 is 0.784. The number of hydrogen-bond donors (Lipinski definition) is 1. The maximum atomic E-state index is 13.0. The van der Waals surface area contributed by atoms with Gasteiger partial charge in [-0.2, -0.15) is 4.74 Å². The fourth-order valence-corrected chi connectivity index (χ4v) is 4.41. The Hall–Kier alpha value is -1.24. The number of hydrogen-bond acceptors (Lipinski definition) is 5. The number of carbonyl (C=O) groups excluding carboxylic acids is 1. The number of rotatable bonds is 1. The minimum atomic E-state index is -1.45. The third kappa shape index (κ3) is 1.89. The summed E-state index contributed by atoms with van der Waals surface area (Å²) in [6, 6.07) is 3.74. The number of ketones is 1. The molecule has 0 unspecified atom stereocenters. The largest absolute Gasteiger partial charge is 0.622 e. The second-order valence-corrected chi connectivity index (χ2v) is 7.24. The first-order chi connectivity index (χ1) is 9.92. The molecular weight excluding hydrogens is 288 g/mol. The van der Waals surface area contributed by atoms with Crippen LogP contribution in [0.3, 0.4) is 0 Å². The fraction of sp³-hybridized carbons (Fsp3) is 0.600. The minimum Gasteiger partial charge on any atom is -0.622 e. The topological polar surface area (TPSA) is 66.6 Å². The van der Waals surface area contributed by atoms with E-state index >= 15 is 0 Å². The van der Waals surface area contributed by atoms with Crippen LogP contribution >= 0.6 is 11.3 Å². The molecule has 3 rings (SSSR count). The number of Topliss-reactive ketones (excluding diaryl/α,β-unsaturated/α-hetero) is 1. The van der Waals surface area contributed by atoms with Gasteiger partial charge in [-0.25, -0.2) is 0 Å². The standard InChI is InChI=1S/C15H20N2O3S/c1-14(2)13(11-7-6-10-21-11)16(19)15(17(14)20)9-5-3-4-8-12(15)18/h6-7,10,20H,3-5,8-9H2,1-2H3/t15-/m0/s1. The highest BCUT2D eigenvalue weighted by atomic mass is 32.1. The van der Waals surface area contributed by atoms with E-state index in [0.717, 1.165) is 33.9 Å². The second kappa shape index (κ2) is 4.90. The Bertz CT molecular complexity index is 594. The predicted octanol–water partition coefficient (Wildman–Crippen LogP) is 2.76. The molecule has 0 bridgehead atoms. The predicted molar refractivity (Wildman–Crippen MR) is 80.6 cm³/mol. The number of hydroxylamine groups is 3. The molecule has 1 saturated carbocycles. The molecule has 2 heterocycles. The van der Waals surface area contributed by atoms with E-state index in [2.05, 4.69) is 0 Å². The lowest BCUT2D eigenvalue weighted by atomic mass is 9.94. The third-order valence-corrected chi connectivity index (χ3v) is 5.51. The highest BCUT2D eigenvalue weighted by Gasteiger charge is 2.65. The summed E-state index contributed by atoms with van der Waals surface area (Å²) in [5.41, 5.74) is -1.85. The zero-order valence-electron chi connectivity index (χ0n) is 12.3. The van der Waals surface area contributed by atoms with Crippen LogP contribution in [0.2, 0.25) is 0 Å². The van der Waals surface area contributed by atoms with E-state index in [0.29, 0.717) is 18.6 Å². The lowest BCUT2D eigenvalue weighted by molar-refractivity contribution is -0.572. The normalized spacial score (nSPS) is 30.1. The van der Waals surface area contributed by atoms with Crippen LogP contribution in [-0.4, -0.2) is 37.7 Å². The van der Waals surface area contributed by atoms with Crippen molar-refractivity contribution in [3.63, 3.8) is 0 Å². The fourth-order valence-electron chi connectivity index (χ4n) is 3.51. The van der Waals surface area contributed by atoms with Crippen molar-refractivity contribution in [2.24, 2.45) is 0 Å². The molecule has 1 fully saturated rings. The summed E-state index contributed by atoms with van der Waals surface area (Å²) in [4.78, 5) is 13.4. The van der Waals surface area contributed by atoms with E-state index in [1.54, 1.807) is 13.8 Å². The molecular formula is C15H20N2O3S. The van der Waals surface area contributed by atoms with Gasteiger partial charge >= 0.3 is 5.66 Å². The van der Waals surface area contributed by atoms with Crippen LogP contribution in [0.1, 0.15) is 50.8 Å². The molecule has 0 amide bonds. The number of carbonyl (C=O) groups is 1. The van der Waals surface area contributed by atoms with Gasteiger partial charge in [0.2, 0.25) is 11.5 Å². The third-order valence-electron chi connectivity index (χ3n) is 4.63. The summed E-state index contributed by atoms with van der Waals surface area (Å²) in [7, 11) is 0. The quantitative estimate of drug-likeness (QED) is 0.640. The van der Waals surface area contributed by atoms with Crippen molar-refractivity contribution in [2.45, 2.75) is 57.2 Å². The average Bonchev–Trinajstić information content (AvgIpc) is 2.92. The van der Waals surface area contributed by atoms with Gasteiger partial charge < -0.3 is 10.4 Å². The Kier molecular flexibility index (Phi) is 3.43. The van der Waals surface area contributed by atoms with Gasteiger partial charge in [0.15, 0.2) is 0 Å². The summed E-state index contributed by atoms with van der Waals surface area (Å²) >= 11 is 1.45. The van der Waals surface area contributed by atoms with Crippen LogP contribution in [0.5, 0.6) is 0 Å². The van der Waals surface area contributed by atoms with Gasteiger partial charge in [0.05, 0.1) is 4.88 Å². The molecule has 1 aliphatic carbocycles. The van der Waals surface area contributed by atoms with E-state index in [1.807, 2.05) is 17.5 Å². The molecule has 1 atom stereocenters. The van der Waals surface area contributed by atoms with E-state index < -0.39 is 11.2 Å². The van der Waals surface area contributed by atoms with Crippen molar-refractivity contribution in [1.82, 2.24) is 5.06 Å². The molecule has 114 valence electrons. The van der Waals surface area contributed by atoms with Gasteiger partial charge in [0.1, 0.15) is 5.54 Å². The van der Waals surface area contributed by atoms with Crippen molar-refractivity contribution in [3.8, 4) is 0 Å². The lowest BCUT2D eigenvalue weighted by Crippen LogP contribution is -2.59. The van der Waals surface area contributed by atoms with Gasteiger partial charge in [-0.05, 0) is 38.1 Å². The zero-order valence-corrected chi connectivity index (χ0v) is 13.2. The molecule has 0 radical (unpaired) electrons. The Morgan fingerprint density at radius 3 is 2.81 bits per heavy atom. The van der Waals surface area contributed by atoms with Crippen LogP contribution in [0, 0.1) is 5.21 Å². The van der Waals surface area contributed by atoms with Crippen LogP contribution in [0.4, 0.5) is 0 Å². The van der Waals surface area contributed by atoms with Crippen LogP contribution in [-0.2, 0) is 4.79 Å². The first kappa shape index (κ1) is 14.7. The molecule has 21 heavy (non-hydrogen) atoms. The molecule has 1 N–H and O–H groups in total. The van der Waals surface area contributed by atoms with Crippen LogP contribution < -0.4 is 0 Å². The van der Waals surface area contributed by atoms with Crippen LogP contribution in [0.25, 0.3) is 0 Å². The van der Waals surface area contributed by atoms with E-state index in [-0.39, 0.29) is 5.78 Å². The maximum absolute atomic E-state index is 13.0. The van der Waals surface area contributed by atoms with Gasteiger partial charge in [-0.15, -0.1) is 16.4 Å². The Morgan fingerprint density at radius 1 is 1.38 bits per heavy atom. The molecule has 5 nitrogen and oxygen atoms in total. The number of thiophene rings is 1.